The molecule has 0 aromatic rings. The summed E-state index contributed by atoms with van der Waals surface area (Å²) < 4.78 is 6.88. The van der Waals surface area contributed by atoms with Gasteiger partial charge in [-0.1, -0.05) is 48.0 Å². The van der Waals surface area contributed by atoms with Crippen molar-refractivity contribution in [3.8, 4) is 0 Å². The highest BCUT2D eigenvalue weighted by atomic mass is 28.4. The van der Waals surface area contributed by atoms with Crippen LogP contribution in [-0.2, 0) is 9.22 Å². The van der Waals surface area contributed by atoms with Gasteiger partial charge in [0.2, 0.25) is 0 Å². The second-order valence-electron chi connectivity index (χ2n) is 10.9. The standard InChI is InChI=1S/C20H36O2Si/c1-17(2,3)23(7,8)22-15-13-20-16(21)12-14(15)19(20,6)11-9-10-18(20,4)5/h14-15H,9-13H2,1-8H3/t14-,15-,19-,20-/m1/s1. The molecule has 0 heterocycles. The lowest BCUT2D eigenvalue weighted by atomic mass is 9.48. The number of Topliss-reactive ketones (excluding diaryl/α,β-unsaturated/α-hetero) is 1. The third-order valence-electron chi connectivity index (χ3n) is 8.54. The second kappa shape index (κ2) is 4.72. The third kappa shape index (κ3) is 2.05. The van der Waals surface area contributed by atoms with E-state index in [1.165, 1.54) is 19.3 Å². The van der Waals surface area contributed by atoms with Gasteiger partial charge in [-0.2, -0.15) is 0 Å². The molecule has 3 saturated carbocycles. The molecule has 23 heavy (non-hydrogen) atoms. The van der Waals surface area contributed by atoms with Gasteiger partial charge in [-0.15, -0.1) is 0 Å². The first kappa shape index (κ1) is 17.7. The summed E-state index contributed by atoms with van der Waals surface area (Å²) in [6.45, 7) is 18.8. The van der Waals surface area contributed by atoms with Gasteiger partial charge in [0.05, 0.1) is 0 Å². The van der Waals surface area contributed by atoms with Crippen molar-refractivity contribution >= 4 is 14.1 Å². The van der Waals surface area contributed by atoms with Gasteiger partial charge in [0.25, 0.3) is 0 Å². The van der Waals surface area contributed by atoms with Crippen molar-refractivity contribution in [2.75, 3.05) is 0 Å². The van der Waals surface area contributed by atoms with E-state index in [1.54, 1.807) is 0 Å². The molecule has 3 heteroatoms. The highest BCUT2D eigenvalue weighted by molar-refractivity contribution is 6.74. The molecule has 0 saturated heterocycles. The van der Waals surface area contributed by atoms with E-state index < -0.39 is 8.32 Å². The summed E-state index contributed by atoms with van der Waals surface area (Å²) in [5.41, 5.74) is 0.159. The molecule has 0 amide bonds. The molecule has 0 aliphatic heterocycles. The van der Waals surface area contributed by atoms with E-state index in [2.05, 4.69) is 54.6 Å². The normalized spacial score (nSPS) is 42.9. The second-order valence-corrected chi connectivity index (χ2v) is 15.7. The zero-order valence-electron chi connectivity index (χ0n) is 16.5. The molecule has 3 fully saturated rings. The van der Waals surface area contributed by atoms with Gasteiger partial charge >= 0.3 is 0 Å². The lowest BCUT2D eigenvalue weighted by molar-refractivity contribution is -0.146. The van der Waals surface area contributed by atoms with E-state index in [0.29, 0.717) is 17.8 Å². The van der Waals surface area contributed by atoms with Gasteiger partial charge < -0.3 is 4.43 Å². The van der Waals surface area contributed by atoms with E-state index >= 15 is 0 Å². The molecule has 132 valence electrons. The van der Waals surface area contributed by atoms with E-state index in [0.717, 1.165) is 12.8 Å². The molecule has 3 rings (SSSR count). The van der Waals surface area contributed by atoms with Gasteiger partial charge in [-0.05, 0) is 54.1 Å². The molecule has 3 aliphatic carbocycles. The van der Waals surface area contributed by atoms with E-state index in [4.69, 9.17) is 4.43 Å². The monoisotopic (exact) mass is 336 g/mol. The first-order valence-corrected chi connectivity index (χ1v) is 12.4. The van der Waals surface area contributed by atoms with Crippen LogP contribution in [0.4, 0.5) is 0 Å². The Hall–Kier alpha value is -0.153. The minimum atomic E-state index is -1.79. The molecule has 3 aliphatic rings. The third-order valence-corrected chi connectivity index (χ3v) is 13.0. The van der Waals surface area contributed by atoms with Crippen LogP contribution >= 0.6 is 0 Å². The predicted molar refractivity (Wildman–Crippen MR) is 98.0 cm³/mol. The maximum absolute atomic E-state index is 13.1. The Morgan fingerprint density at radius 2 is 1.74 bits per heavy atom. The average Bonchev–Trinajstić information content (AvgIpc) is 2.72. The first-order chi connectivity index (χ1) is 10.3. The van der Waals surface area contributed by atoms with Crippen molar-refractivity contribution in [3.05, 3.63) is 0 Å². The molecule has 2 nitrogen and oxygen atoms in total. The Morgan fingerprint density at radius 3 is 2.26 bits per heavy atom. The van der Waals surface area contributed by atoms with Crippen LogP contribution in [0.1, 0.15) is 73.6 Å². The molecule has 0 radical (unpaired) electrons. The Labute approximate surface area is 143 Å². The molecule has 2 bridgehead atoms. The molecule has 0 spiro atoms. The maximum Gasteiger partial charge on any atom is 0.192 e. The van der Waals surface area contributed by atoms with Gasteiger partial charge in [-0.25, -0.2) is 0 Å². The SMILES string of the molecule is CC1(C)CCC[C@]2(C)[C@@H]3CC(=O)[C@]12C[C@H]3O[Si](C)(C)C(C)(C)C. The Bertz CT molecular complexity index is 530. The van der Waals surface area contributed by atoms with Crippen molar-refractivity contribution in [2.45, 2.75) is 97.9 Å². The molecular formula is C20H36O2Si. The van der Waals surface area contributed by atoms with Crippen molar-refractivity contribution in [3.63, 3.8) is 0 Å². The van der Waals surface area contributed by atoms with Crippen LogP contribution in [-0.4, -0.2) is 20.2 Å². The van der Waals surface area contributed by atoms with Crippen LogP contribution in [0, 0.1) is 22.2 Å². The summed E-state index contributed by atoms with van der Waals surface area (Å²) in [6.07, 6.45) is 5.71. The Kier molecular flexibility index (Phi) is 3.63. The van der Waals surface area contributed by atoms with E-state index in [9.17, 15) is 4.79 Å². The fourth-order valence-electron chi connectivity index (χ4n) is 6.18. The zero-order chi connectivity index (χ0) is 17.5. The fourth-order valence-corrected chi connectivity index (χ4v) is 7.54. The molecule has 4 atom stereocenters. The summed E-state index contributed by atoms with van der Waals surface area (Å²) >= 11 is 0. The van der Waals surface area contributed by atoms with Gasteiger partial charge in [0, 0.05) is 17.9 Å². The topological polar surface area (TPSA) is 26.3 Å². The molecule has 0 unspecified atom stereocenters. The van der Waals surface area contributed by atoms with Crippen LogP contribution < -0.4 is 0 Å². The Morgan fingerprint density at radius 1 is 1.13 bits per heavy atom. The minimum Gasteiger partial charge on any atom is -0.414 e. The fraction of sp³-hybridized carbons (Fsp3) is 0.950. The highest BCUT2D eigenvalue weighted by Gasteiger charge is 2.75. The highest BCUT2D eigenvalue weighted by Crippen LogP contribution is 2.75. The van der Waals surface area contributed by atoms with Crippen LogP contribution in [0.15, 0.2) is 0 Å². The number of hydrogen-bond donors (Lipinski definition) is 0. The predicted octanol–water partition coefficient (Wildman–Crippen LogP) is 5.57. The number of carbonyl (C=O) groups excluding carboxylic acids is 1. The van der Waals surface area contributed by atoms with Crippen molar-refractivity contribution in [1.82, 2.24) is 0 Å². The smallest absolute Gasteiger partial charge is 0.192 e. The summed E-state index contributed by atoms with van der Waals surface area (Å²) in [4.78, 5) is 13.1. The average molecular weight is 337 g/mol. The summed E-state index contributed by atoms with van der Waals surface area (Å²) in [5, 5.41) is 0.234. The molecule has 0 aromatic heterocycles. The van der Waals surface area contributed by atoms with Crippen LogP contribution in [0.5, 0.6) is 0 Å². The molecule has 0 N–H and O–H groups in total. The van der Waals surface area contributed by atoms with Gasteiger partial charge in [0.1, 0.15) is 5.78 Å². The lowest BCUT2D eigenvalue weighted by Crippen LogP contribution is -2.52. The number of rotatable bonds is 2. The molecule has 0 aromatic carbocycles. The number of carbonyl (C=O) groups is 1. The first-order valence-electron chi connectivity index (χ1n) is 9.50. The van der Waals surface area contributed by atoms with Crippen molar-refractivity contribution < 1.29 is 9.22 Å². The molecular weight excluding hydrogens is 300 g/mol. The number of ketones is 1. The van der Waals surface area contributed by atoms with Crippen LogP contribution in [0.3, 0.4) is 0 Å². The quantitative estimate of drug-likeness (QED) is 0.616. The summed E-state index contributed by atoms with van der Waals surface area (Å²) in [6, 6.07) is 0. The van der Waals surface area contributed by atoms with Crippen molar-refractivity contribution in [2.24, 2.45) is 22.2 Å². The van der Waals surface area contributed by atoms with E-state index in [-0.39, 0.29) is 21.3 Å². The zero-order valence-corrected chi connectivity index (χ0v) is 17.5. The minimum absolute atomic E-state index is 0.122. The Balaban J connectivity index is 1.97. The van der Waals surface area contributed by atoms with Crippen LogP contribution in [0.25, 0.3) is 0 Å². The van der Waals surface area contributed by atoms with Gasteiger partial charge in [-0.3, -0.25) is 4.79 Å². The summed E-state index contributed by atoms with van der Waals surface area (Å²) in [7, 11) is -1.79. The largest absolute Gasteiger partial charge is 0.414 e. The number of hydrogen-bond acceptors (Lipinski definition) is 2. The maximum atomic E-state index is 13.1. The summed E-state index contributed by atoms with van der Waals surface area (Å²) in [5.74, 6) is 0.994. The van der Waals surface area contributed by atoms with E-state index in [1.807, 2.05) is 0 Å². The van der Waals surface area contributed by atoms with Crippen molar-refractivity contribution in [1.29, 1.82) is 0 Å². The van der Waals surface area contributed by atoms with Gasteiger partial charge in [0.15, 0.2) is 8.32 Å². The lowest BCUT2D eigenvalue weighted by Gasteiger charge is -2.54. The van der Waals surface area contributed by atoms with Crippen LogP contribution in [0.2, 0.25) is 18.1 Å².